The molecule has 0 aliphatic carbocycles. The van der Waals surface area contributed by atoms with E-state index >= 15 is 0 Å². The Morgan fingerprint density at radius 1 is 1.09 bits per heavy atom. The van der Waals surface area contributed by atoms with Crippen LogP contribution in [0.1, 0.15) is 37.6 Å². The van der Waals surface area contributed by atoms with Crippen molar-refractivity contribution >= 4 is 37.5 Å². The molecule has 0 radical (unpaired) electrons. The summed E-state index contributed by atoms with van der Waals surface area (Å²) in [6, 6.07) is 9.74. The Balaban J connectivity index is 1.66. The Morgan fingerprint density at radius 2 is 1.74 bits per heavy atom. The summed E-state index contributed by atoms with van der Waals surface area (Å²) in [5.74, 6) is 1.50. The third-order valence-corrected chi connectivity index (χ3v) is 9.13. The number of sulfonamides is 1. The van der Waals surface area contributed by atoms with Crippen LogP contribution in [0.2, 0.25) is 0 Å². The Kier molecular flexibility index (Phi) is 7.35. The second kappa shape index (κ2) is 10.1. The van der Waals surface area contributed by atoms with E-state index in [2.05, 4.69) is 18.8 Å². The minimum absolute atomic E-state index is 0.192. The molecule has 2 aromatic carbocycles. The van der Waals surface area contributed by atoms with E-state index in [1.807, 2.05) is 17.6 Å². The number of aromatic nitrogens is 1. The molecule has 1 aromatic heterocycles. The van der Waals surface area contributed by atoms with Gasteiger partial charge in [-0.25, -0.2) is 8.42 Å². The number of ether oxygens (including phenoxy) is 2. The number of hydrogen-bond acceptors (Lipinski definition) is 6. The summed E-state index contributed by atoms with van der Waals surface area (Å²) in [6.07, 6.45) is 1.02. The normalized spacial score (nSPS) is 19.7. The summed E-state index contributed by atoms with van der Waals surface area (Å²) in [5, 5.41) is 0. The van der Waals surface area contributed by atoms with E-state index < -0.39 is 15.9 Å². The van der Waals surface area contributed by atoms with Gasteiger partial charge in [-0.2, -0.15) is 9.30 Å². The first-order valence-corrected chi connectivity index (χ1v) is 13.9. The second-order valence-electron chi connectivity index (χ2n) is 9.01. The number of aryl methyl sites for hydroxylation is 1. The van der Waals surface area contributed by atoms with Gasteiger partial charge < -0.3 is 14.0 Å². The predicted octanol–water partition coefficient (Wildman–Crippen LogP) is 4.15. The molecular formula is C25H31N3O5S2. The van der Waals surface area contributed by atoms with E-state index in [1.54, 1.807) is 24.6 Å². The molecule has 8 nitrogen and oxygen atoms in total. The number of piperidine rings is 1. The van der Waals surface area contributed by atoms with Crippen LogP contribution in [0.5, 0.6) is 11.5 Å². The topological polar surface area (TPSA) is 90.2 Å². The van der Waals surface area contributed by atoms with Gasteiger partial charge in [0.15, 0.2) is 4.80 Å². The molecule has 1 amide bonds. The third-order valence-electron chi connectivity index (χ3n) is 6.26. The van der Waals surface area contributed by atoms with Gasteiger partial charge in [-0.05, 0) is 55.5 Å². The molecule has 35 heavy (non-hydrogen) atoms. The summed E-state index contributed by atoms with van der Waals surface area (Å²) < 4.78 is 41.5. The highest BCUT2D eigenvalue weighted by Crippen LogP contribution is 2.33. The van der Waals surface area contributed by atoms with Gasteiger partial charge in [0.05, 0.1) is 23.8 Å². The molecule has 2 heterocycles. The van der Waals surface area contributed by atoms with E-state index in [1.165, 1.54) is 35.6 Å². The molecule has 0 spiro atoms. The first-order chi connectivity index (χ1) is 16.7. The maximum Gasteiger partial charge on any atom is 0.279 e. The van der Waals surface area contributed by atoms with E-state index in [9.17, 15) is 13.2 Å². The summed E-state index contributed by atoms with van der Waals surface area (Å²) >= 11 is 1.37. The molecule has 3 aromatic rings. The number of fused-ring (bicyclic) bond motifs is 1. The molecule has 0 saturated carbocycles. The number of nitrogens with zero attached hydrogens (tertiary/aromatic N) is 3. The van der Waals surface area contributed by atoms with Crippen molar-refractivity contribution in [3.8, 4) is 11.5 Å². The molecular weight excluding hydrogens is 486 g/mol. The van der Waals surface area contributed by atoms with E-state index in [4.69, 9.17) is 9.47 Å². The molecule has 1 fully saturated rings. The van der Waals surface area contributed by atoms with Gasteiger partial charge in [-0.15, -0.1) is 0 Å². The molecule has 1 aliphatic rings. The van der Waals surface area contributed by atoms with Crippen LogP contribution in [0.4, 0.5) is 0 Å². The molecule has 1 aliphatic heterocycles. The fraction of sp³-hybridized carbons (Fsp3) is 0.440. The Bertz CT molecular complexity index is 1400. The molecule has 10 heteroatoms. The number of rotatable bonds is 6. The van der Waals surface area contributed by atoms with Gasteiger partial charge in [0, 0.05) is 31.3 Å². The van der Waals surface area contributed by atoms with Crippen molar-refractivity contribution in [1.82, 2.24) is 8.87 Å². The SMILES string of the molecule is CCn1c(=NC(=O)c2ccc(S(=O)(=O)N3CC(C)CC(C)C3)cc2)sc2cc(OC)cc(OC)c21. The van der Waals surface area contributed by atoms with Crippen molar-refractivity contribution in [2.24, 2.45) is 16.8 Å². The highest BCUT2D eigenvalue weighted by Gasteiger charge is 2.31. The van der Waals surface area contributed by atoms with Gasteiger partial charge in [-0.1, -0.05) is 25.2 Å². The maximum absolute atomic E-state index is 13.1. The van der Waals surface area contributed by atoms with Gasteiger partial charge in [0.25, 0.3) is 5.91 Å². The van der Waals surface area contributed by atoms with Crippen molar-refractivity contribution in [1.29, 1.82) is 0 Å². The molecule has 2 unspecified atom stereocenters. The molecule has 4 rings (SSSR count). The Labute approximate surface area is 209 Å². The largest absolute Gasteiger partial charge is 0.497 e. The number of hydrogen-bond donors (Lipinski definition) is 0. The number of carbonyl (C=O) groups is 1. The molecule has 188 valence electrons. The van der Waals surface area contributed by atoms with Crippen LogP contribution < -0.4 is 14.3 Å². The van der Waals surface area contributed by atoms with Crippen LogP contribution in [-0.2, 0) is 16.6 Å². The first-order valence-electron chi connectivity index (χ1n) is 11.6. The van der Waals surface area contributed by atoms with Crippen molar-refractivity contribution < 1.29 is 22.7 Å². The highest BCUT2D eigenvalue weighted by atomic mass is 32.2. The zero-order valence-electron chi connectivity index (χ0n) is 20.6. The van der Waals surface area contributed by atoms with Crippen molar-refractivity contribution in [3.63, 3.8) is 0 Å². The fourth-order valence-electron chi connectivity index (χ4n) is 4.67. The van der Waals surface area contributed by atoms with E-state index in [0.29, 0.717) is 53.3 Å². The van der Waals surface area contributed by atoms with Crippen LogP contribution in [-0.4, -0.2) is 50.5 Å². The molecule has 0 bridgehead atoms. The second-order valence-corrected chi connectivity index (χ2v) is 12.0. The fourth-order valence-corrected chi connectivity index (χ4v) is 7.49. The molecule has 0 N–H and O–H groups in total. The summed E-state index contributed by atoms with van der Waals surface area (Å²) in [5.41, 5.74) is 1.17. The Hall–Kier alpha value is -2.69. The third kappa shape index (κ3) is 5.00. The molecule has 1 saturated heterocycles. The minimum atomic E-state index is -3.61. The average molecular weight is 518 g/mol. The van der Waals surface area contributed by atoms with Gasteiger partial charge in [-0.3, -0.25) is 4.79 Å². The van der Waals surface area contributed by atoms with E-state index in [-0.39, 0.29) is 4.90 Å². The van der Waals surface area contributed by atoms with Gasteiger partial charge in [0.1, 0.15) is 17.0 Å². The number of benzene rings is 2. The van der Waals surface area contributed by atoms with Crippen molar-refractivity contribution in [2.45, 2.75) is 38.6 Å². The van der Waals surface area contributed by atoms with Crippen LogP contribution in [0.15, 0.2) is 46.3 Å². The quantitative estimate of drug-likeness (QED) is 0.490. The number of carbonyl (C=O) groups excluding carboxylic acids is 1. The monoisotopic (exact) mass is 517 g/mol. The number of thiazole rings is 1. The van der Waals surface area contributed by atoms with Crippen LogP contribution in [0.25, 0.3) is 10.2 Å². The molecule has 2 atom stereocenters. The average Bonchev–Trinajstić information content (AvgIpc) is 3.19. The first kappa shape index (κ1) is 25.4. The number of amides is 1. The zero-order valence-corrected chi connectivity index (χ0v) is 22.3. The zero-order chi connectivity index (χ0) is 25.3. The summed E-state index contributed by atoms with van der Waals surface area (Å²) in [7, 11) is -0.426. The van der Waals surface area contributed by atoms with Crippen molar-refractivity contribution in [3.05, 3.63) is 46.8 Å². The Morgan fingerprint density at radius 3 is 2.31 bits per heavy atom. The summed E-state index contributed by atoms with van der Waals surface area (Å²) in [6.45, 7) is 7.74. The lowest BCUT2D eigenvalue weighted by Gasteiger charge is -2.34. The van der Waals surface area contributed by atoms with Crippen LogP contribution in [0, 0.1) is 11.8 Å². The van der Waals surface area contributed by atoms with Gasteiger partial charge >= 0.3 is 0 Å². The lowest BCUT2D eigenvalue weighted by Crippen LogP contribution is -2.42. The van der Waals surface area contributed by atoms with Crippen molar-refractivity contribution in [2.75, 3.05) is 27.3 Å². The minimum Gasteiger partial charge on any atom is -0.497 e. The van der Waals surface area contributed by atoms with Crippen LogP contribution >= 0.6 is 11.3 Å². The smallest absolute Gasteiger partial charge is 0.279 e. The van der Waals surface area contributed by atoms with E-state index in [0.717, 1.165) is 16.6 Å². The lowest BCUT2D eigenvalue weighted by molar-refractivity contribution is 0.0997. The lowest BCUT2D eigenvalue weighted by atomic mass is 9.94. The highest BCUT2D eigenvalue weighted by molar-refractivity contribution is 7.89. The maximum atomic E-state index is 13.1. The summed E-state index contributed by atoms with van der Waals surface area (Å²) in [4.78, 5) is 18.1. The predicted molar refractivity (Wildman–Crippen MR) is 137 cm³/mol. The van der Waals surface area contributed by atoms with Crippen LogP contribution in [0.3, 0.4) is 0 Å². The number of methoxy groups -OCH3 is 2. The van der Waals surface area contributed by atoms with Gasteiger partial charge in [0.2, 0.25) is 10.0 Å². The standard InChI is InChI=1S/C25H31N3O5S2/c1-6-28-23-21(33-5)12-19(32-4)13-22(23)34-25(28)26-24(29)18-7-9-20(10-8-18)35(30,31)27-14-16(2)11-17(3)15-27/h7-10,12-13,16-17H,6,11,14-15H2,1-5H3.